The van der Waals surface area contributed by atoms with Crippen molar-refractivity contribution in [3.63, 3.8) is 0 Å². The molecule has 0 saturated carbocycles. The number of carbonyl (C=O) groups excluding carboxylic acids is 2. The van der Waals surface area contributed by atoms with Gasteiger partial charge in [-0.05, 0) is 31.4 Å². The number of unbranched alkanes of at least 4 members (excludes halogenated alkanes) is 1. The van der Waals surface area contributed by atoms with Gasteiger partial charge in [0.2, 0.25) is 5.75 Å². The molecule has 10 heteroatoms. The molecule has 1 aromatic rings. The minimum Gasteiger partial charge on any atom is -0.500 e. The van der Waals surface area contributed by atoms with Crippen LogP contribution in [0.15, 0.2) is 23.4 Å². The van der Waals surface area contributed by atoms with Crippen LogP contribution in [0.1, 0.15) is 44.7 Å². The van der Waals surface area contributed by atoms with Crippen LogP contribution in [0.4, 0.5) is 10.5 Å². The van der Waals surface area contributed by atoms with Gasteiger partial charge in [-0.1, -0.05) is 13.3 Å². The number of nitro benzene ring substituents is 1. The minimum absolute atomic E-state index is 0.128. The molecule has 10 nitrogen and oxygen atoms in total. The number of methoxy groups -OCH3 is 1. The molecule has 28 heavy (non-hydrogen) atoms. The number of benzene rings is 1. The van der Waals surface area contributed by atoms with Gasteiger partial charge in [0.1, 0.15) is 0 Å². The van der Waals surface area contributed by atoms with Crippen molar-refractivity contribution in [3.05, 3.63) is 39.1 Å². The largest absolute Gasteiger partial charge is 0.500 e. The minimum atomic E-state index is -0.993. The molecule has 1 aliphatic heterocycles. The van der Waals surface area contributed by atoms with Gasteiger partial charge in [0, 0.05) is 11.8 Å². The van der Waals surface area contributed by atoms with Crippen LogP contribution >= 0.6 is 0 Å². The summed E-state index contributed by atoms with van der Waals surface area (Å²) in [5, 5.41) is 26.5. The van der Waals surface area contributed by atoms with E-state index in [1.165, 1.54) is 13.2 Å². The number of hydrogen-bond donors (Lipinski definition) is 3. The molecule has 0 fully saturated rings. The summed E-state index contributed by atoms with van der Waals surface area (Å²) in [4.78, 5) is 35.3. The first-order valence-electron chi connectivity index (χ1n) is 8.86. The fraction of sp³-hybridized carbons (Fsp3) is 0.444. The fourth-order valence-corrected chi connectivity index (χ4v) is 2.94. The number of ether oxygens (including phenoxy) is 2. The molecule has 0 bridgehead atoms. The lowest BCUT2D eigenvalue weighted by Gasteiger charge is -2.29. The third-order valence-electron chi connectivity index (χ3n) is 4.26. The van der Waals surface area contributed by atoms with Crippen molar-refractivity contribution in [3.8, 4) is 11.5 Å². The van der Waals surface area contributed by atoms with Crippen LogP contribution in [-0.2, 0) is 9.53 Å². The lowest BCUT2D eigenvalue weighted by molar-refractivity contribution is -0.386. The molecular weight excluding hydrogens is 370 g/mol. The van der Waals surface area contributed by atoms with Crippen LogP contribution in [0.2, 0.25) is 0 Å². The number of hydrogen-bond acceptors (Lipinski definition) is 7. The number of rotatable bonds is 8. The van der Waals surface area contributed by atoms with Gasteiger partial charge >= 0.3 is 17.7 Å². The molecule has 0 saturated heterocycles. The van der Waals surface area contributed by atoms with Crippen LogP contribution in [0.25, 0.3) is 0 Å². The summed E-state index contributed by atoms with van der Waals surface area (Å²) in [6.07, 6.45) is 2.00. The molecule has 1 unspecified atom stereocenters. The summed E-state index contributed by atoms with van der Waals surface area (Å²) < 4.78 is 10.1. The van der Waals surface area contributed by atoms with Crippen molar-refractivity contribution in [1.29, 1.82) is 0 Å². The maximum absolute atomic E-state index is 12.6. The molecule has 0 spiro atoms. The third-order valence-corrected chi connectivity index (χ3v) is 4.26. The van der Waals surface area contributed by atoms with Crippen LogP contribution in [0, 0.1) is 10.1 Å². The number of aromatic hydroxyl groups is 1. The number of amides is 2. The van der Waals surface area contributed by atoms with E-state index in [4.69, 9.17) is 9.47 Å². The van der Waals surface area contributed by atoms with E-state index in [1.54, 1.807) is 6.92 Å². The van der Waals surface area contributed by atoms with E-state index in [9.17, 15) is 24.8 Å². The molecular formula is C18H23N3O7. The second-order valence-corrected chi connectivity index (χ2v) is 6.10. The summed E-state index contributed by atoms with van der Waals surface area (Å²) in [7, 11) is 1.25. The second kappa shape index (κ2) is 9.07. The summed E-state index contributed by atoms with van der Waals surface area (Å²) in [6, 6.07) is 0.909. The van der Waals surface area contributed by atoms with Gasteiger partial charge in [-0.15, -0.1) is 0 Å². The summed E-state index contributed by atoms with van der Waals surface area (Å²) in [5.41, 5.74) is 0.189. The molecule has 3 N–H and O–H groups in total. The summed E-state index contributed by atoms with van der Waals surface area (Å²) in [5.74, 6) is -1.42. The average Bonchev–Trinajstić information content (AvgIpc) is 2.65. The van der Waals surface area contributed by atoms with E-state index in [0.717, 1.165) is 18.9 Å². The Kier molecular flexibility index (Phi) is 6.80. The third kappa shape index (κ3) is 4.33. The van der Waals surface area contributed by atoms with Gasteiger partial charge in [0.05, 0.1) is 30.3 Å². The average molecular weight is 393 g/mol. The number of nitrogens with zero attached hydrogens (tertiary/aromatic N) is 1. The number of phenols is 1. The Morgan fingerprint density at radius 3 is 2.64 bits per heavy atom. The Morgan fingerprint density at radius 1 is 1.36 bits per heavy atom. The molecule has 152 valence electrons. The smallest absolute Gasteiger partial charge is 0.338 e. The Morgan fingerprint density at radius 2 is 2.07 bits per heavy atom. The molecule has 2 amide bonds. The number of nitrogens with one attached hydrogen (secondary N) is 2. The van der Waals surface area contributed by atoms with Crippen molar-refractivity contribution >= 4 is 17.7 Å². The number of nitro groups is 1. The van der Waals surface area contributed by atoms with Crippen molar-refractivity contribution in [1.82, 2.24) is 10.6 Å². The quantitative estimate of drug-likeness (QED) is 0.350. The summed E-state index contributed by atoms with van der Waals surface area (Å²) in [6.45, 7) is 3.75. The first kappa shape index (κ1) is 21.0. The number of allylic oxidation sites excluding steroid dienone is 1. The zero-order valence-corrected chi connectivity index (χ0v) is 15.9. The standard InChI is InChI=1S/C18H23N3O7/c1-4-6-7-11-14(17(23)28-5-2)15(20-18(24)19-11)10-8-12(21(25)26)16(22)13(9-10)27-3/h8-9,15,22H,4-7H2,1-3H3,(H2,19,20,24). The SMILES string of the molecule is CCCCC1=C(C(=O)OCC)C(c2cc(OC)c(O)c([N+](=O)[O-])c2)NC(=O)N1. The van der Waals surface area contributed by atoms with Gasteiger partial charge in [-0.25, -0.2) is 9.59 Å². The highest BCUT2D eigenvalue weighted by molar-refractivity contribution is 5.95. The molecule has 0 aromatic heterocycles. The van der Waals surface area contributed by atoms with Crippen molar-refractivity contribution in [2.45, 2.75) is 39.2 Å². The van der Waals surface area contributed by atoms with E-state index in [2.05, 4.69) is 10.6 Å². The van der Waals surface area contributed by atoms with E-state index in [-0.39, 0.29) is 23.5 Å². The zero-order valence-electron chi connectivity index (χ0n) is 15.9. The molecule has 1 aliphatic rings. The van der Waals surface area contributed by atoms with Gasteiger partial charge in [0.15, 0.2) is 5.75 Å². The normalized spacial score (nSPS) is 16.2. The van der Waals surface area contributed by atoms with E-state index >= 15 is 0 Å². The number of phenolic OH excluding ortho intramolecular Hbond substituents is 1. The monoisotopic (exact) mass is 393 g/mol. The van der Waals surface area contributed by atoms with Crippen molar-refractivity contribution < 1.29 is 29.1 Å². The van der Waals surface area contributed by atoms with E-state index < -0.39 is 34.4 Å². The van der Waals surface area contributed by atoms with Crippen molar-refractivity contribution in [2.75, 3.05) is 13.7 Å². The van der Waals surface area contributed by atoms with E-state index in [0.29, 0.717) is 12.1 Å². The fourth-order valence-electron chi connectivity index (χ4n) is 2.94. The van der Waals surface area contributed by atoms with Crippen LogP contribution in [-0.4, -0.2) is 35.7 Å². The molecule has 1 heterocycles. The summed E-state index contributed by atoms with van der Waals surface area (Å²) >= 11 is 0. The number of esters is 1. The van der Waals surface area contributed by atoms with Crippen molar-refractivity contribution in [2.24, 2.45) is 0 Å². The number of urea groups is 1. The van der Waals surface area contributed by atoms with Gasteiger partial charge in [0.25, 0.3) is 0 Å². The first-order valence-corrected chi connectivity index (χ1v) is 8.86. The lowest BCUT2D eigenvalue weighted by Crippen LogP contribution is -2.46. The number of carbonyl (C=O) groups is 2. The van der Waals surface area contributed by atoms with Crippen LogP contribution in [0.3, 0.4) is 0 Å². The Hall–Kier alpha value is -3.30. The molecule has 1 atom stereocenters. The maximum Gasteiger partial charge on any atom is 0.338 e. The topological polar surface area (TPSA) is 140 Å². The predicted octanol–water partition coefficient (Wildman–Crippen LogP) is 2.67. The second-order valence-electron chi connectivity index (χ2n) is 6.10. The van der Waals surface area contributed by atoms with Crippen LogP contribution in [0.5, 0.6) is 11.5 Å². The highest BCUT2D eigenvalue weighted by Crippen LogP contribution is 2.41. The van der Waals surface area contributed by atoms with E-state index in [1.807, 2.05) is 6.92 Å². The highest BCUT2D eigenvalue weighted by atomic mass is 16.6. The highest BCUT2D eigenvalue weighted by Gasteiger charge is 2.35. The van der Waals surface area contributed by atoms with Gasteiger partial charge < -0.3 is 25.2 Å². The van der Waals surface area contributed by atoms with Crippen LogP contribution < -0.4 is 15.4 Å². The zero-order chi connectivity index (χ0) is 20.8. The predicted molar refractivity (Wildman–Crippen MR) is 98.9 cm³/mol. The molecule has 0 aliphatic carbocycles. The first-order chi connectivity index (χ1) is 13.3. The Labute approximate surface area is 161 Å². The Bertz CT molecular complexity index is 820. The van der Waals surface area contributed by atoms with Gasteiger partial charge in [-0.3, -0.25) is 10.1 Å². The molecule has 2 rings (SSSR count). The van der Waals surface area contributed by atoms with Gasteiger partial charge in [-0.2, -0.15) is 0 Å². The molecule has 0 radical (unpaired) electrons. The molecule has 1 aromatic carbocycles. The lowest BCUT2D eigenvalue weighted by atomic mass is 9.93. The Balaban J connectivity index is 2.65. The maximum atomic E-state index is 12.6.